The molecule has 68 heavy (non-hydrogen) atoms. The Labute approximate surface area is 399 Å². The maximum absolute atomic E-state index is 13.2. The Hall–Kier alpha value is -4.29. The standard InChI is InChI=1S/C48H71N3O17/c52-43(49-41-11-7-10-40-45(41)48(56)51(47(40)55)42-13-14-44(53)50-46(42)54)12-5-2-6-15-57-16-17-58-18-19-59-20-21-60-22-23-61-24-25-62-26-27-63-28-29-64-30-31-65-32-33-66-34-35-67-36-37-68-38-39-8-3-1-4-9-39/h1,3-4,7-11,42H,2,5-6,12-38H2,(H,49,52)(H,50,53,54). The molecule has 20 nitrogen and oxygen atoms in total. The molecular weight excluding hydrogens is 891 g/mol. The Bertz CT molecular complexity index is 1720. The summed E-state index contributed by atoms with van der Waals surface area (Å²) in [6, 6.07) is 13.6. The summed E-state index contributed by atoms with van der Waals surface area (Å²) in [4.78, 5) is 63.6. The predicted molar refractivity (Wildman–Crippen MR) is 245 cm³/mol. The zero-order chi connectivity index (χ0) is 48.1. The monoisotopic (exact) mass is 961 g/mol. The highest BCUT2D eigenvalue weighted by molar-refractivity contribution is 6.26. The summed E-state index contributed by atoms with van der Waals surface area (Å²) >= 11 is 0. The predicted octanol–water partition coefficient (Wildman–Crippen LogP) is 2.99. The second kappa shape index (κ2) is 36.7. The first-order chi connectivity index (χ1) is 33.5. The highest BCUT2D eigenvalue weighted by Gasteiger charge is 2.45. The van der Waals surface area contributed by atoms with Gasteiger partial charge in [-0.05, 0) is 37.0 Å². The maximum atomic E-state index is 13.2. The van der Waals surface area contributed by atoms with Gasteiger partial charge in [0.05, 0.1) is 169 Å². The Morgan fingerprint density at radius 3 is 1.40 bits per heavy atom. The van der Waals surface area contributed by atoms with Crippen molar-refractivity contribution in [2.75, 3.05) is 157 Å². The molecule has 2 aliphatic rings. The van der Waals surface area contributed by atoms with E-state index in [0.29, 0.717) is 165 Å². The smallest absolute Gasteiger partial charge is 0.264 e. The van der Waals surface area contributed by atoms with Crippen LogP contribution < -0.4 is 10.6 Å². The molecule has 4 rings (SSSR count). The third-order valence-electron chi connectivity index (χ3n) is 10.1. The summed E-state index contributed by atoms with van der Waals surface area (Å²) in [5, 5.41) is 4.91. The van der Waals surface area contributed by atoms with Crippen LogP contribution in [0, 0.1) is 0 Å². The quantitative estimate of drug-likeness (QED) is 0.0720. The van der Waals surface area contributed by atoms with Gasteiger partial charge >= 0.3 is 0 Å². The number of rotatable bonds is 43. The number of hydrogen-bond donors (Lipinski definition) is 2. The number of unbranched alkanes of at least 4 members (excludes halogenated alkanes) is 2. The summed E-state index contributed by atoms with van der Waals surface area (Å²) < 4.78 is 66.3. The van der Waals surface area contributed by atoms with Crippen molar-refractivity contribution in [2.45, 2.75) is 51.2 Å². The van der Waals surface area contributed by atoms with Gasteiger partial charge in [0.2, 0.25) is 17.7 Å². The van der Waals surface area contributed by atoms with Crippen LogP contribution in [0.3, 0.4) is 0 Å². The first kappa shape index (κ1) is 56.3. The number of ether oxygens (including phenoxy) is 12. The van der Waals surface area contributed by atoms with Crippen LogP contribution in [-0.2, 0) is 77.8 Å². The van der Waals surface area contributed by atoms with Gasteiger partial charge in [-0.2, -0.15) is 0 Å². The van der Waals surface area contributed by atoms with Crippen LogP contribution in [-0.4, -0.2) is 192 Å². The van der Waals surface area contributed by atoms with Crippen molar-refractivity contribution >= 4 is 35.2 Å². The lowest BCUT2D eigenvalue weighted by atomic mass is 10.0. The third-order valence-corrected chi connectivity index (χ3v) is 10.1. The number of imide groups is 2. The van der Waals surface area contributed by atoms with Gasteiger partial charge in [0.1, 0.15) is 6.04 Å². The number of benzene rings is 2. The number of fused-ring (bicyclic) bond motifs is 1. The summed E-state index contributed by atoms with van der Waals surface area (Å²) in [7, 11) is 0. The summed E-state index contributed by atoms with van der Waals surface area (Å²) in [5.74, 6) is -2.72. The lowest BCUT2D eigenvalue weighted by Gasteiger charge is -2.27. The normalized spacial score (nSPS) is 14.8. The SMILES string of the molecule is O=C1CCC(N2C(=O)c3cccc(NC(=O)CCCCCOCCOCCOCCOCCOCCOCCOCCOCCOCCOCCOCCOCc4ccccc4)c3C2=O)C(=O)N1. The Balaban J connectivity index is 0.790. The van der Waals surface area contributed by atoms with Crippen molar-refractivity contribution in [3.8, 4) is 0 Å². The Kier molecular flexibility index (Phi) is 30.4. The number of amides is 5. The largest absolute Gasteiger partial charge is 0.379 e. The molecule has 380 valence electrons. The number of piperidine rings is 1. The van der Waals surface area contributed by atoms with E-state index in [1.165, 1.54) is 6.07 Å². The van der Waals surface area contributed by atoms with E-state index in [0.717, 1.165) is 23.3 Å². The molecule has 0 aromatic heterocycles. The van der Waals surface area contributed by atoms with Gasteiger partial charge in [-0.15, -0.1) is 0 Å². The lowest BCUT2D eigenvalue weighted by Crippen LogP contribution is -2.54. The number of nitrogens with zero attached hydrogens (tertiary/aromatic N) is 1. The van der Waals surface area contributed by atoms with Crippen LogP contribution in [0.4, 0.5) is 5.69 Å². The molecule has 2 aliphatic heterocycles. The number of carbonyl (C=O) groups excluding carboxylic acids is 5. The van der Waals surface area contributed by atoms with Crippen molar-refractivity contribution in [2.24, 2.45) is 0 Å². The number of anilines is 1. The molecule has 2 N–H and O–H groups in total. The van der Waals surface area contributed by atoms with E-state index in [-0.39, 0.29) is 42.0 Å². The minimum atomic E-state index is -1.08. The minimum absolute atomic E-state index is 0.0262. The molecule has 2 aromatic rings. The van der Waals surface area contributed by atoms with E-state index >= 15 is 0 Å². The van der Waals surface area contributed by atoms with Crippen LogP contribution in [0.1, 0.15) is 64.8 Å². The van der Waals surface area contributed by atoms with Gasteiger partial charge in [0.25, 0.3) is 11.8 Å². The molecule has 0 aliphatic carbocycles. The van der Waals surface area contributed by atoms with Gasteiger partial charge in [0, 0.05) is 19.4 Å². The molecule has 2 heterocycles. The van der Waals surface area contributed by atoms with Crippen LogP contribution in [0.2, 0.25) is 0 Å². The van der Waals surface area contributed by atoms with Gasteiger partial charge in [-0.25, -0.2) is 0 Å². The molecule has 5 amide bonds. The summed E-state index contributed by atoms with van der Waals surface area (Å²) in [6.45, 7) is 11.7. The fraction of sp³-hybridized carbons (Fsp3) is 0.646. The van der Waals surface area contributed by atoms with E-state index in [2.05, 4.69) is 10.6 Å². The van der Waals surface area contributed by atoms with Crippen molar-refractivity contribution in [3.05, 3.63) is 65.2 Å². The zero-order valence-electron chi connectivity index (χ0n) is 39.3. The Morgan fingerprint density at radius 1 is 0.500 bits per heavy atom. The summed E-state index contributed by atoms with van der Waals surface area (Å²) in [5.41, 5.74) is 1.52. The fourth-order valence-electron chi connectivity index (χ4n) is 6.68. The topological polar surface area (TPSA) is 223 Å². The van der Waals surface area contributed by atoms with Gasteiger partial charge in [-0.3, -0.25) is 34.2 Å². The lowest BCUT2D eigenvalue weighted by molar-refractivity contribution is -0.136. The van der Waals surface area contributed by atoms with Gasteiger partial charge in [0.15, 0.2) is 0 Å². The highest BCUT2D eigenvalue weighted by Crippen LogP contribution is 2.32. The zero-order valence-corrected chi connectivity index (χ0v) is 39.3. The molecule has 1 atom stereocenters. The number of hydrogen-bond acceptors (Lipinski definition) is 17. The average Bonchev–Trinajstić information content (AvgIpc) is 3.59. The molecule has 0 bridgehead atoms. The van der Waals surface area contributed by atoms with Crippen LogP contribution in [0.5, 0.6) is 0 Å². The first-order valence-corrected chi connectivity index (χ1v) is 23.6. The number of carbonyl (C=O) groups is 5. The van der Waals surface area contributed by atoms with Crippen LogP contribution in [0.25, 0.3) is 0 Å². The van der Waals surface area contributed by atoms with Gasteiger partial charge < -0.3 is 62.2 Å². The first-order valence-electron chi connectivity index (χ1n) is 23.6. The van der Waals surface area contributed by atoms with Crippen LogP contribution in [0.15, 0.2) is 48.5 Å². The second-order valence-corrected chi connectivity index (χ2v) is 15.3. The highest BCUT2D eigenvalue weighted by atomic mass is 16.6. The molecule has 0 saturated carbocycles. The van der Waals surface area contributed by atoms with Crippen LogP contribution >= 0.6 is 0 Å². The Morgan fingerprint density at radius 2 is 0.941 bits per heavy atom. The molecule has 2 aromatic carbocycles. The van der Waals surface area contributed by atoms with Crippen molar-refractivity contribution in [1.29, 1.82) is 0 Å². The number of nitrogens with one attached hydrogen (secondary N) is 2. The minimum Gasteiger partial charge on any atom is -0.379 e. The maximum Gasteiger partial charge on any atom is 0.264 e. The molecule has 1 fully saturated rings. The van der Waals surface area contributed by atoms with E-state index in [1.807, 2.05) is 30.3 Å². The van der Waals surface area contributed by atoms with Crippen molar-refractivity contribution in [3.63, 3.8) is 0 Å². The average molecular weight is 962 g/mol. The molecule has 0 radical (unpaired) electrons. The molecule has 20 heteroatoms. The van der Waals surface area contributed by atoms with E-state index < -0.39 is 29.7 Å². The molecule has 1 unspecified atom stereocenters. The van der Waals surface area contributed by atoms with Gasteiger partial charge in [-0.1, -0.05) is 42.8 Å². The van der Waals surface area contributed by atoms with Crippen molar-refractivity contribution < 1.29 is 80.8 Å². The molecule has 1 saturated heterocycles. The summed E-state index contributed by atoms with van der Waals surface area (Å²) in [6.07, 6.45) is 2.43. The van der Waals surface area contributed by atoms with E-state index in [4.69, 9.17) is 56.8 Å². The molecule has 0 spiro atoms. The third kappa shape index (κ3) is 23.8. The van der Waals surface area contributed by atoms with E-state index in [1.54, 1.807) is 12.1 Å². The molecular formula is C48H71N3O17. The fourth-order valence-corrected chi connectivity index (χ4v) is 6.68. The van der Waals surface area contributed by atoms with Crippen molar-refractivity contribution in [1.82, 2.24) is 10.2 Å². The second-order valence-electron chi connectivity index (χ2n) is 15.3. The van der Waals surface area contributed by atoms with E-state index in [9.17, 15) is 24.0 Å².